The molecule has 0 saturated heterocycles. The Morgan fingerprint density at radius 2 is 2.40 bits per heavy atom. The number of rotatable bonds is 5. The van der Waals surface area contributed by atoms with Crippen LogP contribution in [-0.2, 0) is 0 Å². The van der Waals surface area contributed by atoms with E-state index in [1.165, 1.54) is 6.20 Å². The van der Waals surface area contributed by atoms with E-state index in [4.69, 9.17) is 5.73 Å². The molecule has 1 aromatic rings. The monoisotopic (exact) mass is 211 g/mol. The van der Waals surface area contributed by atoms with Crippen LogP contribution in [0, 0.1) is 0 Å². The Morgan fingerprint density at radius 3 is 2.87 bits per heavy atom. The highest BCUT2D eigenvalue weighted by Crippen LogP contribution is 2.05. The van der Waals surface area contributed by atoms with Crippen LogP contribution in [0.2, 0.25) is 0 Å². The van der Waals surface area contributed by atoms with Crippen molar-refractivity contribution < 1.29 is 4.79 Å². The molecular formula is C9H17N5O. The second kappa shape index (κ2) is 5.45. The fraction of sp³-hybridized carbons (Fsp3) is 0.667. The molecule has 0 aromatic carbocycles. The molecule has 1 heterocycles. The molecule has 0 aliphatic heterocycles. The molecule has 1 amide bonds. The van der Waals surface area contributed by atoms with Gasteiger partial charge in [-0.3, -0.25) is 4.79 Å². The van der Waals surface area contributed by atoms with E-state index in [0.717, 1.165) is 6.42 Å². The molecule has 0 spiro atoms. The molecule has 0 bridgehead atoms. The third-order valence-electron chi connectivity index (χ3n) is 2.12. The molecule has 0 aliphatic rings. The van der Waals surface area contributed by atoms with E-state index in [1.54, 1.807) is 4.90 Å². The van der Waals surface area contributed by atoms with Gasteiger partial charge >= 0.3 is 0 Å². The van der Waals surface area contributed by atoms with E-state index in [1.807, 2.05) is 13.8 Å². The first-order valence-electron chi connectivity index (χ1n) is 5.03. The summed E-state index contributed by atoms with van der Waals surface area (Å²) in [4.78, 5) is 13.7. The van der Waals surface area contributed by atoms with Crippen molar-refractivity contribution in [3.8, 4) is 0 Å². The third kappa shape index (κ3) is 3.02. The van der Waals surface area contributed by atoms with Gasteiger partial charge in [0.1, 0.15) is 0 Å². The number of carbonyl (C=O) groups is 1. The number of nitrogens with one attached hydrogen (secondary N) is 1. The van der Waals surface area contributed by atoms with Crippen molar-refractivity contribution in [2.24, 2.45) is 5.73 Å². The van der Waals surface area contributed by atoms with Crippen LogP contribution in [-0.4, -0.2) is 45.3 Å². The molecule has 6 heteroatoms. The van der Waals surface area contributed by atoms with Gasteiger partial charge in [-0.2, -0.15) is 15.4 Å². The van der Waals surface area contributed by atoms with Gasteiger partial charge < -0.3 is 10.6 Å². The zero-order chi connectivity index (χ0) is 11.3. The fourth-order valence-electron chi connectivity index (χ4n) is 1.31. The molecule has 1 aromatic heterocycles. The van der Waals surface area contributed by atoms with Gasteiger partial charge in [-0.05, 0) is 26.8 Å². The predicted octanol–water partition coefficient (Wildman–Crippen LogP) is 0.00410. The molecule has 0 unspecified atom stereocenters. The average molecular weight is 211 g/mol. The lowest BCUT2D eigenvalue weighted by Crippen LogP contribution is -2.38. The van der Waals surface area contributed by atoms with Crippen LogP contribution < -0.4 is 5.73 Å². The Hall–Kier alpha value is -1.43. The van der Waals surface area contributed by atoms with Crippen LogP contribution in [0.3, 0.4) is 0 Å². The Bertz CT molecular complexity index is 295. The second-order valence-electron chi connectivity index (χ2n) is 3.59. The largest absolute Gasteiger partial charge is 0.335 e. The molecule has 15 heavy (non-hydrogen) atoms. The summed E-state index contributed by atoms with van der Waals surface area (Å²) in [6, 6.07) is 0.140. The molecule has 84 valence electrons. The van der Waals surface area contributed by atoms with Crippen LogP contribution >= 0.6 is 0 Å². The average Bonchev–Trinajstić information content (AvgIpc) is 2.70. The normalized spacial score (nSPS) is 10.7. The van der Waals surface area contributed by atoms with Crippen molar-refractivity contribution in [2.45, 2.75) is 26.3 Å². The fourth-order valence-corrected chi connectivity index (χ4v) is 1.31. The molecule has 0 atom stereocenters. The summed E-state index contributed by atoms with van der Waals surface area (Å²) in [5.41, 5.74) is 5.77. The summed E-state index contributed by atoms with van der Waals surface area (Å²) in [5.74, 6) is -0.104. The molecule has 1 rings (SSSR count). The number of nitrogens with two attached hydrogens (primary N) is 1. The number of aromatic nitrogens is 3. The van der Waals surface area contributed by atoms with Crippen molar-refractivity contribution in [2.75, 3.05) is 13.1 Å². The highest BCUT2D eigenvalue weighted by Gasteiger charge is 2.19. The molecule has 0 fully saturated rings. The van der Waals surface area contributed by atoms with E-state index in [2.05, 4.69) is 15.4 Å². The maximum Gasteiger partial charge on any atom is 0.276 e. The number of nitrogens with zero attached hydrogens (tertiary/aromatic N) is 3. The number of H-pyrrole nitrogens is 1. The van der Waals surface area contributed by atoms with E-state index >= 15 is 0 Å². The summed E-state index contributed by atoms with van der Waals surface area (Å²) in [6.45, 7) is 5.16. The zero-order valence-electron chi connectivity index (χ0n) is 9.10. The summed E-state index contributed by atoms with van der Waals surface area (Å²) < 4.78 is 0. The third-order valence-corrected chi connectivity index (χ3v) is 2.12. The van der Waals surface area contributed by atoms with Gasteiger partial charge in [0, 0.05) is 12.6 Å². The first kappa shape index (κ1) is 11.6. The summed E-state index contributed by atoms with van der Waals surface area (Å²) in [5, 5.41) is 9.81. The van der Waals surface area contributed by atoms with E-state index in [-0.39, 0.29) is 11.9 Å². The highest BCUT2D eigenvalue weighted by atomic mass is 16.2. The standard InChI is InChI=1S/C9H17N5O/c1-7(2)14(5-3-4-10)9(15)8-6-11-13-12-8/h6-7H,3-5,10H2,1-2H3,(H,11,12,13). The van der Waals surface area contributed by atoms with Gasteiger partial charge in [0.05, 0.1) is 6.20 Å². The SMILES string of the molecule is CC(C)N(CCCN)C(=O)c1cn[nH]n1. The van der Waals surface area contributed by atoms with Crippen molar-refractivity contribution >= 4 is 5.91 Å². The van der Waals surface area contributed by atoms with Crippen molar-refractivity contribution in [1.29, 1.82) is 0 Å². The van der Waals surface area contributed by atoms with Crippen LogP contribution in [0.5, 0.6) is 0 Å². The smallest absolute Gasteiger partial charge is 0.276 e. The number of hydrogen-bond donors (Lipinski definition) is 2. The van der Waals surface area contributed by atoms with Crippen LogP contribution in [0.4, 0.5) is 0 Å². The van der Waals surface area contributed by atoms with Gasteiger partial charge in [-0.1, -0.05) is 0 Å². The molecule has 0 saturated carbocycles. The van der Waals surface area contributed by atoms with Gasteiger partial charge in [0.25, 0.3) is 5.91 Å². The van der Waals surface area contributed by atoms with Crippen molar-refractivity contribution in [1.82, 2.24) is 20.3 Å². The minimum Gasteiger partial charge on any atom is -0.335 e. The Balaban J connectivity index is 2.67. The zero-order valence-corrected chi connectivity index (χ0v) is 9.10. The number of carbonyl (C=O) groups excluding carboxylic acids is 1. The summed E-state index contributed by atoms with van der Waals surface area (Å²) >= 11 is 0. The van der Waals surface area contributed by atoms with E-state index in [0.29, 0.717) is 18.8 Å². The van der Waals surface area contributed by atoms with Gasteiger partial charge in [-0.15, -0.1) is 0 Å². The molecule has 3 N–H and O–H groups in total. The van der Waals surface area contributed by atoms with E-state index < -0.39 is 0 Å². The highest BCUT2D eigenvalue weighted by molar-refractivity contribution is 5.92. The van der Waals surface area contributed by atoms with Gasteiger partial charge in [-0.25, -0.2) is 0 Å². The van der Waals surface area contributed by atoms with Crippen LogP contribution in [0.1, 0.15) is 30.8 Å². The molecular weight excluding hydrogens is 194 g/mol. The summed E-state index contributed by atoms with van der Waals surface area (Å²) in [6.07, 6.45) is 2.22. The van der Waals surface area contributed by atoms with Crippen LogP contribution in [0.15, 0.2) is 6.20 Å². The summed E-state index contributed by atoms with van der Waals surface area (Å²) in [7, 11) is 0. The minimum atomic E-state index is -0.104. The Labute approximate surface area is 88.8 Å². The quantitative estimate of drug-likeness (QED) is 0.717. The first-order chi connectivity index (χ1) is 7.16. The lowest BCUT2D eigenvalue weighted by Gasteiger charge is -2.25. The lowest BCUT2D eigenvalue weighted by molar-refractivity contribution is 0.0698. The van der Waals surface area contributed by atoms with E-state index in [9.17, 15) is 4.79 Å². The predicted molar refractivity (Wildman–Crippen MR) is 56.2 cm³/mol. The molecule has 0 radical (unpaired) electrons. The first-order valence-corrected chi connectivity index (χ1v) is 5.03. The Morgan fingerprint density at radius 1 is 1.67 bits per heavy atom. The lowest BCUT2D eigenvalue weighted by atomic mass is 10.2. The van der Waals surface area contributed by atoms with Crippen molar-refractivity contribution in [3.63, 3.8) is 0 Å². The Kier molecular flexibility index (Phi) is 4.23. The maximum absolute atomic E-state index is 11.9. The van der Waals surface area contributed by atoms with Gasteiger partial charge in [0.2, 0.25) is 0 Å². The van der Waals surface area contributed by atoms with Crippen LogP contribution in [0.25, 0.3) is 0 Å². The topological polar surface area (TPSA) is 87.9 Å². The molecule has 6 nitrogen and oxygen atoms in total. The second-order valence-corrected chi connectivity index (χ2v) is 3.59. The van der Waals surface area contributed by atoms with Crippen molar-refractivity contribution in [3.05, 3.63) is 11.9 Å². The number of hydrogen-bond acceptors (Lipinski definition) is 4. The minimum absolute atomic E-state index is 0.104. The number of aromatic amines is 1. The maximum atomic E-state index is 11.9. The number of amides is 1. The molecule has 0 aliphatic carbocycles. The van der Waals surface area contributed by atoms with Gasteiger partial charge in [0.15, 0.2) is 5.69 Å².